The molecule has 0 unspecified atom stereocenters. The van der Waals surface area contributed by atoms with Gasteiger partial charge in [0, 0.05) is 13.0 Å². The molecule has 0 N–H and O–H groups in total. The lowest BCUT2D eigenvalue weighted by atomic mass is 9.92. The third-order valence-electron chi connectivity index (χ3n) is 6.28. The molecule has 1 aromatic heterocycles. The molecule has 1 aliphatic heterocycles. The summed E-state index contributed by atoms with van der Waals surface area (Å²) < 4.78 is 28.5. The predicted octanol–water partition coefficient (Wildman–Crippen LogP) is 4.15. The minimum absolute atomic E-state index is 0.145. The summed E-state index contributed by atoms with van der Waals surface area (Å²) >= 11 is 0. The van der Waals surface area contributed by atoms with Gasteiger partial charge in [0.2, 0.25) is 0 Å². The molecule has 1 aliphatic carbocycles. The third-order valence-corrected chi connectivity index (χ3v) is 8.16. The average Bonchev–Trinajstić information content (AvgIpc) is 3.38. The molecule has 1 aromatic carbocycles. The summed E-state index contributed by atoms with van der Waals surface area (Å²) in [5.74, 6) is 2.35. The molecule has 0 bridgehead atoms. The molecule has 5 nitrogen and oxygen atoms in total. The van der Waals surface area contributed by atoms with Gasteiger partial charge in [0.1, 0.15) is 5.82 Å². The zero-order valence-electron chi connectivity index (χ0n) is 18.3. The highest BCUT2D eigenvalue weighted by Gasteiger charge is 2.28. The second kappa shape index (κ2) is 7.69. The molecule has 6 heteroatoms. The number of rotatable bonds is 6. The van der Waals surface area contributed by atoms with Crippen molar-refractivity contribution in [1.82, 2.24) is 14.5 Å². The summed E-state index contributed by atoms with van der Waals surface area (Å²) in [7, 11) is -1.18. The number of fused-ring (bicyclic) bond motifs is 1. The van der Waals surface area contributed by atoms with Crippen LogP contribution in [0.25, 0.3) is 11.0 Å². The van der Waals surface area contributed by atoms with Gasteiger partial charge in [0.15, 0.2) is 9.84 Å². The number of aromatic nitrogens is 2. The number of likely N-dealkylation sites (tertiary alicyclic amines) is 1. The molecule has 0 spiro atoms. The van der Waals surface area contributed by atoms with Gasteiger partial charge in [0.25, 0.3) is 0 Å². The fourth-order valence-corrected chi connectivity index (χ4v) is 6.07. The van der Waals surface area contributed by atoms with Crippen LogP contribution >= 0.6 is 0 Å². The summed E-state index contributed by atoms with van der Waals surface area (Å²) in [5, 5.41) is 0. The first-order valence-corrected chi connectivity index (χ1v) is 12.7. The summed E-state index contributed by atoms with van der Waals surface area (Å²) in [6.45, 7) is 9.66. The zero-order chi connectivity index (χ0) is 20.8. The Hall–Kier alpha value is -1.40. The lowest BCUT2D eigenvalue weighted by Crippen LogP contribution is -2.33. The van der Waals surface area contributed by atoms with E-state index >= 15 is 0 Å². The number of piperidine rings is 1. The molecular formula is C23H35N3O2S. The lowest BCUT2D eigenvalue weighted by Gasteiger charge is -2.28. The molecule has 2 aromatic rings. The topological polar surface area (TPSA) is 55.2 Å². The maximum atomic E-state index is 13.1. The van der Waals surface area contributed by atoms with Gasteiger partial charge in [0.05, 0.1) is 21.7 Å². The van der Waals surface area contributed by atoms with E-state index in [2.05, 4.69) is 37.3 Å². The quantitative estimate of drug-likeness (QED) is 0.708. The standard InChI is InChI=1S/C23H35N3O2S/c1-23(2,3)14-22-24-20-13-19(7-8-21(20)26(22)15-17-5-6-17)29(27,28)16-18-9-11-25(4)12-10-18/h7-8,13,17-18H,5-6,9-12,14-16H2,1-4H3. The van der Waals surface area contributed by atoms with Gasteiger partial charge in [-0.05, 0) is 81.3 Å². The first kappa shape index (κ1) is 20.9. The van der Waals surface area contributed by atoms with Crippen molar-refractivity contribution in [2.45, 2.75) is 64.3 Å². The summed E-state index contributed by atoms with van der Waals surface area (Å²) in [4.78, 5) is 7.61. The average molecular weight is 418 g/mol. The van der Waals surface area contributed by atoms with Crippen LogP contribution in [0.2, 0.25) is 0 Å². The summed E-state index contributed by atoms with van der Waals surface area (Å²) in [6, 6.07) is 5.60. The van der Waals surface area contributed by atoms with Crippen molar-refractivity contribution in [3.63, 3.8) is 0 Å². The molecule has 0 atom stereocenters. The van der Waals surface area contributed by atoms with Gasteiger partial charge >= 0.3 is 0 Å². The van der Waals surface area contributed by atoms with E-state index in [1.165, 1.54) is 12.8 Å². The molecule has 1 saturated carbocycles. The third kappa shape index (κ3) is 5.02. The van der Waals surface area contributed by atoms with Gasteiger partial charge < -0.3 is 9.47 Å². The smallest absolute Gasteiger partial charge is 0.178 e. The Kier molecular flexibility index (Phi) is 5.53. The van der Waals surface area contributed by atoms with E-state index in [-0.39, 0.29) is 17.1 Å². The van der Waals surface area contributed by atoms with Crippen LogP contribution in [0.5, 0.6) is 0 Å². The Bertz CT molecular complexity index is 975. The van der Waals surface area contributed by atoms with Gasteiger partial charge in [-0.15, -0.1) is 0 Å². The number of hydrogen-bond acceptors (Lipinski definition) is 4. The minimum atomic E-state index is -3.29. The highest BCUT2D eigenvalue weighted by atomic mass is 32.2. The van der Waals surface area contributed by atoms with Gasteiger partial charge in [-0.2, -0.15) is 0 Å². The Morgan fingerprint density at radius 1 is 1.07 bits per heavy atom. The highest BCUT2D eigenvalue weighted by molar-refractivity contribution is 7.91. The molecule has 2 heterocycles. The summed E-state index contributed by atoms with van der Waals surface area (Å²) in [6.07, 6.45) is 5.40. The van der Waals surface area contributed by atoms with Crippen molar-refractivity contribution in [2.75, 3.05) is 25.9 Å². The van der Waals surface area contributed by atoms with E-state index in [1.54, 1.807) is 6.07 Å². The number of sulfone groups is 1. The predicted molar refractivity (Wildman–Crippen MR) is 118 cm³/mol. The number of nitrogens with zero attached hydrogens (tertiary/aromatic N) is 3. The van der Waals surface area contributed by atoms with Crippen molar-refractivity contribution in [3.05, 3.63) is 24.0 Å². The fourth-order valence-electron chi connectivity index (χ4n) is 4.36. The van der Waals surface area contributed by atoms with Crippen molar-refractivity contribution in [3.8, 4) is 0 Å². The van der Waals surface area contributed by atoms with E-state index < -0.39 is 9.84 Å². The number of imidazole rings is 1. The molecule has 2 fully saturated rings. The van der Waals surface area contributed by atoms with Crippen molar-refractivity contribution in [2.24, 2.45) is 17.3 Å². The van der Waals surface area contributed by atoms with E-state index in [1.807, 2.05) is 12.1 Å². The van der Waals surface area contributed by atoms with E-state index in [0.717, 1.165) is 61.7 Å². The normalized spacial score (nSPS) is 19.9. The van der Waals surface area contributed by atoms with Crippen LogP contribution in [-0.2, 0) is 22.8 Å². The molecular weight excluding hydrogens is 382 g/mol. The minimum Gasteiger partial charge on any atom is -0.328 e. The maximum absolute atomic E-state index is 13.1. The fraction of sp³-hybridized carbons (Fsp3) is 0.696. The summed E-state index contributed by atoms with van der Waals surface area (Å²) in [5.41, 5.74) is 2.05. The largest absolute Gasteiger partial charge is 0.328 e. The van der Waals surface area contributed by atoms with Crippen LogP contribution in [0.1, 0.15) is 52.3 Å². The maximum Gasteiger partial charge on any atom is 0.178 e. The van der Waals surface area contributed by atoms with Crippen LogP contribution < -0.4 is 0 Å². The van der Waals surface area contributed by atoms with Crippen LogP contribution in [0, 0.1) is 17.3 Å². The Balaban J connectivity index is 1.62. The van der Waals surface area contributed by atoms with E-state index in [9.17, 15) is 8.42 Å². The zero-order valence-corrected chi connectivity index (χ0v) is 19.1. The molecule has 1 saturated heterocycles. The van der Waals surface area contributed by atoms with Crippen molar-refractivity contribution >= 4 is 20.9 Å². The molecule has 29 heavy (non-hydrogen) atoms. The van der Waals surface area contributed by atoms with Crippen LogP contribution in [0.3, 0.4) is 0 Å². The number of hydrogen-bond donors (Lipinski definition) is 0. The Labute approximate surface area is 175 Å². The Morgan fingerprint density at radius 3 is 2.38 bits per heavy atom. The molecule has 2 aliphatic rings. The van der Waals surface area contributed by atoms with Gasteiger partial charge in [-0.1, -0.05) is 20.8 Å². The second-order valence-corrected chi connectivity index (χ2v) is 12.5. The monoisotopic (exact) mass is 417 g/mol. The second-order valence-electron chi connectivity index (χ2n) is 10.5. The molecule has 0 amide bonds. The van der Waals surface area contributed by atoms with Gasteiger partial charge in [-0.25, -0.2) is 13.4 Å². The van der Waals surface area contributed by atoms with Crippen LogP contribution in [-0.4, -0.2) is 48.8 Å². The highest BCUT2D eigenvalue weighted by Crippen LogP contribution is 2.34. The van der Waals surface area contributed by atoms with Crippen molar-refractivity contribution in [1.29, 1.82) is 0 Å². The molecule has 160 valence electrons. The van der Waals surface area contributed by atoms with Gasteiger partial charge in [-0.3, -0.25) is 0 Å². The molecule has 0 radical (unpaired) electrons. The van der Waals surface area contributed by atoms with Crippen molar-refractivity contribution < 1.29 is 8.42 Å². The van der Waals surface area contributed by atoms with E-state index in [0.29, 0.717) is 4.90 Å². The first-order chi connectivity index (χ1) is 13.6. The molecule has 4 rings (SSSR count). The first-order valence-electron chi connectivity index (χ1n) is 11.0. The van der Waals surface area contributed by atoms with Crippen LogP contribution in [0.4, 0.5) is 0 Å². The number of benzene rings is 1. The van der Waals surface area contributed by atoms with Crippen LogP contribution in [0.15, 0.2) is 23.1 Å². The Morgan fingerprint density at radius 2 is 1.76 bits per heavy atom. The lowest BCUT2D eigenvalue weighted by molar-refractivity contribution is 0.231. The SMILES string of the molecule is CN1CCC(CS(=O)(=O)c2ccc3c(c2)nc(CC(C)(C)C)n3CC2CC2)CC1. The van der Waals surface area contributed by atoms with E-state index in [4.69, 9.17) is 4.98 Å².